The number of hydrogen-bond acceptors (Lipinski definition) is 6. The van der Waals surface area contributed by atoms with Crippen LogP contribution >= 0.6 is 23.4 Å². The first-order valence-electron chi connectivity index (χ1n) is 9.54. The van der Waals surface area contributed by atoms with Crippen LogP contribution < -0.4 is 5.76 Å². The maximum atomic E-state index is 12.2. The van der Waals surface area contributed by atoms with Gasteiger partial charge in [-0.15, -0.1) is 10.2 Å². The van der Waals surface area contributed by atoms with Gasteiger partial charge in [0.2, 0.25) is 0 Å². The Balaban J connectivity index is 1.61. The van der Waals surface area contributed by atoms with E-state index in [0.29, 0.717) is 22.9 Å². The first-order chi connectivity index (χ1) is 14.5. The van der Waals surface area contributed by atoms with E-state index in [2.05, 4.69) is 22.0 Å². The lowest BCUT2D eigenvalue weighted by molar-refractivity contribution is 0.305. The Morgan fingerprint density at radius 2 is 1.87 bits per heavy atom. The van der Waals surface area contributed by atoms with Gasteiger partial charge in [-0.1, -0.05) is 35.5 Å². The summed E-state index contributed by atoms with van der Waals surface area (Å²) in [4.78, 5) is 14.3. The number of aryl methyl sites for hydroxylation is 1. The van der Waals surface area contributed by atoms with Crippen molar-refractivity contribution in [2.45, 2.75) is 24.7 Å². The molecule has 4 rings (SSSR count). The molecule has 0 saturated carbocycles. The molecule has 7 nitrogen and oxygen atoms in total. The predicted molar refractivity (Wildman–Crippen MR) is 120 cm³/mol. The molecule has 0 spiro atoms. The topological polar surface area (TPSA) is 69.1 Å². The summed E-state index contributed by atoms with van der Waals surface area (Å²) in [5.41, 5.74) is 2.34. The average Bonchev–Trinajstić information content (AvgIpc) is 3.29. The SMILES string of the molecule is CC(c1nnc(SCCn2c(=O)oc3ccccc32)n1-c1ccc(Cl)cc1)N(C)C. The number of thioether (sulfide) groups is 1. The molecule has 0 saturated heterocycles. The van der Waals surface area contributed by atoms with Crippen LogP contribution in [0.4, 0.5) is 0 Å². The third-order valence-corrected chi connectivity index (χ3v) is 6.17. The molecule has 1 unspecified atom stereocenters. The van der Waals surface area contributed by atoms with Crippen LogP contribution in [0.3, 0.4) is 0 Å². The van der Waals surface area contributed by atoms with Gasteiger partial charge in [-0.05, 0) is 57.4 Å². The molecule has 4 aromatic rings. The van der Waals surface area contributed by atoms with Gasteiger partial charge < -0.3 is 4.42 Å². The molecule has 2 aromatic heterocycles. The van der Waals surface area contributed by atoms with Crippen molar-refractivity contribution in [1.82, 2.24) is 24.2 Å². The molecule has 9 heteroatoms. The lowest BCUT2D eigenvalue weighted by Gasteiger charge is -2.20. The molecule has 0 bridgehead atoms. The van der Waals surface area contributed by atoms with Crippen LogP contribution in [0.25, 0.3) is 16.8 Å². The number of rotatable bonds is 7. The summed E-state index contributed by atoms with van der Waals surface area (Å²) < 4.78 is 9.01. The molecule has 0 fully saturated rings. The molecule has 30 heavy (non-hydrogen) atoms. The predicted octanol–water partition coefficient (Wildman–Crippen LogP) is 4.24. The third-order valence-electron chi connectivity index (χ3n) is 5.01. The quantitative estimate of drug-likeness (QED) is 0.398. The van der Waals surface area contributed by atoms with Crippen molar-refractivity contribution >= 4 is 34.5 Å². The molecule has 1 atom stereocenters. The van der Waals surface area contributed by atoms with Gasteiger partial charge in [0.15, 0.2) is 16.6 Å². The molecule has 0 aliphatic heterocycles. The number of nitrogens with zero attached hydrogens (tertiary/aromatic N) is 5. The fourth-order valence-corrected chi connectivity index (χ4v) is 4.17. The summed E-state index contributed by atoms with van der Waals surface area (Å²) in [6, 6.07) is 15.1. The zero-order valence-electron chi connectivity index (χ0n) is 16.9. The molecule has 0 aliphatic carbocycles. The first-order valence-corrected chi connectivity index (χ1v) is 10.9. The van der Waals surface area contributed by atoms with Crippen molar-refractivity contribution < 1.29 is 4.42 Å². The highest BCUT2D eigenvalue weighted by molar-refractivity contribution is 7.99. The normalized spacial score (nSPS) is 12.7. The van der Waals surface area contributed by atoms with Gasteiger partial charge in [0.1, 0.15) is 0 Å². The van der Waals surface area contributed by atoms with E-state index < -0.39 is 0 Å². The Bertz CT molecular complexity index is 1210. The lowest BCUT2D eigenvalue weighted by atomic mass is 10.2. The van der Waals surface area contributed by atoms with Gasteiger partial charge in [-0.25, -0.2) is 4.79 Å². The van der Waals surface area contributed by atoms with Crippen molar-refractivity contribution in [3.05, 3.63) is 69.9 Å². The minimum atomic E-state index is -0.349. The molecule has 0 amide bonds. The van der Waals surface area contributed by atoms with Crippen LogP contribution in [0.5, 0.6) is 0 Å². The molecule has 0 aliphatic rings. The Hall–Kier alpha value is -2.55. The fraction of sp³-hybridized carbons (Fsp3) is 0.286. The minimum absolute atomic E-state index is 0.0722. The van der Waals surface area contributed by atoms with Gasteiger partial charge in [0.05, 0.1) is 11.6 Å². The molecule has 156 valence electrons. The summed E-state index contributed by atoms with van der Waals surface area (Å²) in [5, 5.41) is 10.3. The lowest BCUT2D eigenvalue weighted by Crippen LogP contribution is -2.20. The average molecular weight is 444 g/mol. The van der Waals surface area contributed by atoms with Crippen LogP contribution in [0.15, 0.2) is 62.9 Å². The zero-order valence-corrected chi connectivity index (χ0v) is 18.5. The number of aromatic nitrogens is 4. The molecule has 0 N–H and O–H groups in total. The zero-order chi connectivity index (χ0) is 21.3. The van der Waals surface area contributed by atoms with Gasteiger partial charge in [-0.2, -0.15) is 0 Å². The van der Waals surface area contributed by atoms with Crippen LogP contribution in [0.1, 0.15) is 18.8 Å². The Kier molecular flexibility index (Phi) is 5.99. The summed E-state index contributed by atoms with van der Waals surface area (Å²) >= 11 is 7.62. The second-order valence-corrected chi connectivity index (χ2v) is 8.63. The molecule has 2 aromatic carbocycles. The summed E-state index contributed by atoms with van der Waals surface area (Å²) in [5.74, 6) is 1.14. The van der Waals surface area contributed by atoms with Gasteiger partial charge in [-0.3, -0.25) is 14.0 Å². The largest absolute Gasteiger partial charge is 0.419 e. The maximum absolute atomic E-state index is 12.2. The minimum Gasteiger partial charge on any atom is -0.408 e. The highest BCUT2D eigenvalue weighted by Gasteiger charge is 2.21. The number of halogens is 1. The summed E-state index contributed by atoms with van der Waals surface area (Å²) in [6.45, 7) is 2.59. The van der Waals surface area contributed by atoms with E-state index in [1.165, 1.54) is 0 Å². The van der Waals surface area contributed by atoms with Gasteiger partial charge in [0, 0.05) is 23.0 Å². The fourth-order valence-electron chi connectivity index (χ4n) is 3.16. The Morgan fingerprint density at radius 3 is 2.60 bits per heavy atom. The third kappa shape index (κ3) is 4.03. The summed E-state index contributed by atoms with van der Waals surface area (Å²) in [6.07, 6.45) is 0. The molecular weight excluding hydrogens is 422 g/mol. The van der Waals surface area contributed by atoms with Crippen molar-refractivity contribution in [2.75, 3.05) is 19.8 Å². The molecule has 2 heterocycles. The van der Waals surface area contributed by atoms with E-state index in [4.69, 9.17) is 16.0 Å². The highest BCUT2D eigenvalue weighted by atomic mass is 35.5. The van der Waals surface area contributed by atoms with Gasteiger partial charge >= 0.3 is 5.76 Å². The Labute approximate surface area is 183 Å². The second-order valence-electron chi connectivity index (χ2n) is 7.13. The van der Waals surface area contributed by atoms with Crippen molar-refractivity contribution in [1.29, 1.82) is 0 Å². The van der Waals surface area contributed by atoms with E-state index >= 15 is 0 Å². The van der Waals surface area contributed by atoms with E-state index in [-0.39, 0.29) is 11.8 Å². The van der Waals surface area contributed by atoms with E-state index in [1.54, 1.807) is 22.4 Å². The van der Waals surface area contributed by atoms with Crippen LogP contribution in [0.2, 0.25) is 5.02 Å². The monoisotopic (exact) mass is 443 g/mol. The van der Waals surface area contributed by atoms with Crippen molar-refractivity contribution in [3.8, 4) is 5.69 Å². The molecule has 0 radical (unpaired) electrons. The van der Waals surface area contributed by atoms with Crippen LogP contribution in [-0.4, -0.2) is 44.1 Å². The number of para-hydroxylation sites is 2. The number of hydrogen-bond donors (Lipinski definition) is 0. The van der Waals surface area contributed by atoms with Crippen molar-refractivity contribution in [3.63, 3.8) is 0 Å². The standard InChI is InChI=1S/C21H22ClN5O2S/c1-14(25(2)3)19-23-24-20(27(19)16-10-8-15(22)9-11-16)30-13-12-26-17-6-4-5-7-18(17)29-21(26)28/h4-11,14H,12-13H2,1-3H3. The van der Waals surface area contributed by atoms with E-state index in [1.807, 2.05) is 61.1 Å². The van der Waals surface area contributed by atoms with E-state index in [9.17, 15) is 4.79 Å². The highest BCUT2D eigenvalue weighted by Crippen LogP contribution is 2.27. The molecular formula is C21H22ClN5O2S. The summed E-state index contributed by atoms with van der Waals surface area (Å²) in [7, 11) is 4.02. The van der Waals surface area contributed by atoms with Gasteiger partial charge in [0.25, 0.3) is 0 Å². The first kappa shape index (κ1) is 20.7. The Morgan fingerprint density at radius 1 is 1.13 bits per heavy atom. The van der Waals surface area contributed by atoms with E-state index in [0.717, 1.165) is 22.2 Å². The number of oxazole rings is 1. The second kappa shape index (κ2) is 8.67. The number of fused-ring (bicyclic) bond motifs is 1. The van der Waals surface area contributed by atoms with Crippen LogP contribution in [-0.2, 0) is 6.54 Å². The smallest absolute Gasteiger partial charge is 0.408 e. The number of benzene rings is 2. The van der Waals surface area contributed by atoms with Crippen molar-refractivity contribution in [2.24, 2.45) is 0 Å². The maximum Gasteiger partial charge on any atom is 0.419 e. The van der Waals surface area contributed by atoms with Crippen LogP contribution in [0, 0.1) is 0 Å².